The van der Waals surface area contributed by atoms with Crippen LogP contribution in [-0.4, -0.2) is 19.2 Å². The highest BCUT2D eigenvalue weighted by Gasteiger charge is 1.96. The number of nitrogens with one attached hydrogen (secondary N) is 1. The van der Waals surface area contributed by atoms with Crippen molar-refractivity contribution in [2.45, 2.75) is 26.3 Å². The van der Waals surface area contributed by atoms with Crippen LogP contribution in [-0.2, 0) is 0 Å². The minimum atomic E-state index is -0.257. The van der Waals surface area contributed by atoms with E-state index in [4.69, 9.17) is 4.74 Å². The van der Waals surface area contributed by atoms with Crippen LogP contribution in [0.4, 0.5) is 4.39 Å². The second-order valence-electron chi connectivity index (χ2n) is 3.77. The summed E-state index contributed by atoms with van der Waals surface area (Å²) in [7, 11) is 0. The van der Waals surface area contributed by atoms with Crippen LogP contribution in [0, 0.1) is 5.82 Å². The van der Waals surface area contributed by atoms with E-state index >= 15 is 0 Å². The minimum absolute atomic E-state index is 0.257. The van der Waals surface area contributed by atoms with Crippen molar-refractivity contribution < 1.29 is 9.13 Å². The average molecular weight is 211 g/mol. The van der Waals surface area contributed by atoms with E-state index in [1.165, 1.54) is 12.1 Å². The second-order valence-corrected chi connectivity index (χ2v) is 3.77. The largest absolute Gasteiger partial charge is 0.493 e. The average Bonchev–Trinajstić information content (AvgIpc) is 2.17. The monoisotopic (exact) mass is 211 g/mol. The van der Waals surface area contributed by atoms with Gasteiger partial charge in [-0.1, -0.05) is 19.9 Å². The van der Waals surface area contributed by atoms with Gasteiger partial charge in [-0.2, -0.15) is 0 Å². The Bertz CT molecular complexity index is 289. The molecule has 0 atom stereocenters. The molecular formula is C12H18FNO. The fraction of sp³-hybridized carbons (Fsp3) is 0.500. The van der Waals surface area contributed by atoms with Crippen LogP contribution in [0.3, 0.4) is 0 Å². The van der Waals surface area contributed by atoms with Crippen LogP contribution >= 0.6 is 0 Å². The van der Waals surface area contributed by atoms with Gasteiger partial charge in [-0.05, 0) is 25.1 Å². The first-order valence-electron chi connectivity index (χ1n) is 5.30. The molecule has 1 aromatic carbocycles. The molecule has 0 unspecified atom stereocenters. The van der Waals surface area contributed by atoms with E-state index in [0.717, 1.165) is 13.0 Å². The molecule has 0 aliphatic rings. The summed E-state index contributed by atoms with van der Waals surface area (Å²) < 4.78 is 18.1. The summed E-state index contributed by atoms with van der Waals surface area (Å²) in [6, 6.07) is 6.72. The molecule has 0 heterocycles. The van der Waals surface area contributed by atoms with E-state index in [1.807, 2.05) is 0 Å². The Morgan fingerprint density at radius 3 is 2.87 bits per heavy atom. The third kappa shape index (κ3) is 5.37. The quantitative estimate of drug-likeness (QED) is 0.730. The van der Waals surface area contributed by atoms with Gasteiger partial charge >= 0.3 is 0 Å². The van der Waals surface area contributed by atoms with Crippen molar-refractivity contribution in [3.8, 4) is 5.75 Å². The fourth-order valence-electron chi connectivity index (χ4n) is 1.21. The number of halogens is 1. The van der Waals surface area contributed by atoms with Gasteiger partial charge in [-0.25, -0.2) is 4.39 Å². The Morgan fingerprint density at radius 1 is 1.40 bits per heavy atom. The van der Waals surface area contributed by atoms with Gasteiger partial charge in [0.15, 0.2) is 0 Å². The van der Waals surface area contributed by atoms with Crippen molar-refractivity contribution in [3.63, 3.8) is 0 Å². The van der Waals surface area contributed by atoms with Crippen molar-refractivity contribution in [2.75, 3.05) is 13.2 Å². The van der Waals surface area contributed by atoms with Crippen molar-refractivity contribution in [2.24, 2.45) is 0 Å². The van der Waals surface area contributed by atoms with Crippen molar-refractivity contribution in [1.29, 1.82) is 0 Å². The lowest BCUT2D eigenvalue weighted by molar-refractivity contribution is 0.305. The second kappa shape index (κ2) is 6.40. The predicted molar refractivity (Wildman–Crippen MR) is 59.7 cm³/mol. The first-order chi connectivity index (χ1) is 7.18. The van der Waals surface area contributed by atoms with E-state index in [2.05, 4.69) is 19.2 Å². The summed E-state index contributed by atoms with van der Waals surface area (Å²) in [6.45, 7) is 5.75. The molecule has 0 fully saturated rings. The lowest BCUT2D eigenvalue weighted by atomic mass is 10.3. The third-order valence-electron chi connectivity index (χ3n) is 1.94. The lowest BCUT2D eigenvalue weighted by Gasteiger charge is -2.09. The Labute approximate surface area is 90.4 Å². The standard InChI is InChI=1S/C12H18FNO/c1-10(2)14-7-4-8-15-12-6-3-5-11(13)9-12/h3,5-6,9-10,14H,4,7-8H2,1-2H3. The van der Waals surface area contributed by atoms with E-state index in [9.17, 15) is 4.39 Å². The van der Waals surface area contributed by atoms with Gasteiger partial charge in [0.2, 0.25) is 0 Å². The zero-order chi connectivity index (χ0) is 11.1. The van der Waals surface area contributed by atoms with Crippen LogP contribution in [0.2, 0.25) is 0 Å². The molecule has 0 aliphatic carbocycles. The Balaban J connectivity index is 2.15. The van der Waals surface area contributed by atoms with E-state index in [-0.39, 0.29) is 5.82 Å². The van der Waals surface area contributed by atoms with Crippen molar-refractivity contribution in [1.82, 2.24) is 5.32 Å². The molecule has 0 bridgehead atoms. The molecule has 0 radical (unpaired) electrons. The number of benzene rings is 1. The molecule has 0 saturated carbocycles. The molecule has 1 aromatic rings. The summed E-state index contributed by atoms with van der Waals surface area (Å²) in [4.78, 5) is 0. The van der Waals surface area contributed by atoms with Gasteiger partial charge in [0, 0.05) is 12.1 Å². The maximum Gasteiger partial charge on any atom is 0.126 e. The Kier molecular flexibility index (Phi) is 5.12. The van der Waals surface area contributed by atoms with Gasteiger partial charge in [-0.3, -0.25) is 0 Å². The third-order valence-corrected chi connectivity index (χ3v) is 1.94. The molecule has 84 valence electrons. The molecule has 2 nitrogen and oxygen atoms in total. The van der Waals surface area contributed by atoms with Crippen LogP contribution in [0.15, 0.2) is 24.3 Å². The highest BCUT2D eigenvalue weighted by Crippen LogP contribution is 2.11. The molecule has 0 aliphatic heterocycles. The van der Waals surface area contributed by atoms with Gasteiger partial charge in [0.1, 0.15) is 11.6 Å². The summed E-state index contributed by atoms with van der Waals surface area (Å²) in [6.07, 6.45) is 0.925. The molecule has 0 aromatic heterocycles. The molecule has 3 heteroatoms. The minimum Gasteiger partial charge on any atom is -0.493 e. The summed E-state index contributed by atoms with van der Waals surface area (Å²) in [5.74, 6) is 0.340. The molecule has 0 amide bonds. The summed E-state index contributed by atoms with van der Waals surface area (Å²) >= 11 is 0. The van der Waals surface area contributed by atoms with E-state index in [1.54, 1.807) is 12.1 Å². The van der Waals surface area contributed by atoms with E-state index < -0.39 is 0 Å². The SMILES string of the molecule is CC(C)NCCCOc1cccc(F)c1. The highest BCUT2D eigenvalue weighted by molar-refractivity contribution is 5.22. The highest BCUT2D eigenvalue weighted by atomic mass is 19.1. The van der Waals surface area contributed by atoms with Crippen molar-refractivity contribution in [3.05, 3.63) is 30.1 Å². The zero-order valence-corrected chi connectivity index (χ0v) is 9.29. The van der Waals surface area contributed by atoms with Crippen molar-refractivity contribution >= 4 is 0 Å². The maximum atomic E-state index is 12.8. The number of hydrogen-bond donors (Lipinski definition) is 1. The number of rotatable bonds is 6. The first kappa shape index (κ1) is 12.0. The van der Waals surface area contributed by atoms with Gasteiger partial charge in [0.05, 0.1) is 6.61 Å². The Morgan fingerprint density at radius 2 is 2.20 bits per heavy atom. The molecule has 1 rings (SSSR count). The van der Waals surface area contributed by atoms with Crippen LogP contribution in [0.25, 0.3) is 0 Å². The lowest BCUT2D eigenvalue weighted by Crippen LogP contribution is -2.24. The zero-order valence-electron chi connectivity index (χ0n) is 9.29. The van der Waals surface area contributed by atoms with Gasteiger partial charge < -0.3 is 10.1 Å². The summed E-state index contributed by atoms with van der Waals surface area (Å²) in [5, 5.41) is 3.29. The Hall–Kier alpha value is -1.09. The molecule has 15 heavy (non-hydrogen) atoms. The smallest absolute Gasteiger partial charge is 0.126 e. The summed E-state index contributed by atoms with van der Waals surface area (Å²) in [5.41, 5.74) is 0. The normalized spacial score (nSPS) is 10.7. The van der Waals surface area contributed by atoms with Crippen LogP contribution < -0.4 is 10.1 Å². The molecule has 1 N–H and O–H groups in total. The van der Waals surface area contributed by atoms with Gasteiger partial charge in [-0.15, -0.1) is 0 Å². The molecular weight excluding hydrogens is 193 g/mol. The van der Waals surface area contributed by atoms with Crippen LogP contribution in [0.1, 0.15) is 20.3 Å². The maximum absolute atomic E-state index is 12.8. The number of hydrogen-bond acceptors (Lipinski definition) is 2. The number of ether oxygens (including phenoxy) is 1. The predicted octanol–water partition coefficient (Wildman–Crippen LogP) is 2.59. The molecule has 0 saturated heterocycles. The van der Waals surface area contributed by atoms with Crippen LogP contribution in [0.5, 0.6) is 5.75 Å². The topological polar surface area (TPSA) is 21.3 Å². The van der Waals surface area contributed by atoms with Gasteiger partial charge in [0.25, 0.3) is 0 Å². The first-order valence-corrected chi connectivity index (χ1v) is 5.30. The molecule has 0 spiro atoms. The fourth-order valence-corrected chi connectivity index (χ4v) is 1.21. The van der Waals surface area contributed by atoms with E-state index in [0.29, 0.717) is 18.4 Å².